The standard InChI is InChI=1S/C6H8F2/c1-2-6(8)4-3-5-7/h2-4H,5H2,1H3/b4-3-,6-2+. The summed E-state index contributed by atoms with van der Waals surface area (Å²) >= 11 is 0. The lowest BCUT2D eigenvalue weighted by Gasteiger charge is -1.78. The second-order valence-corrected chi connectivity index (χ2v) is 1.23. The van der Waals surface area contributed by atoms with Gasteiger partial charge < -0.3 is 0 Å². The molecule has 0 bridgehead atoms. The third-order valence-electron chi connectivity index (χ3n) is 0.642. The molecule has 0 aromatic heterocycles. The Labute approximate surface area is 47.5 Å². The summed E-state index contributed by atoms with van der Waals surface area (Å²) in [5.74, 6) is -0.400. The first-order valence-electron chi connectivity index (χ1n) is 2.35. The molecule has 0 aliphatic carbocycles. The summed E-state index contributed by atoms with van der Waals surface area (Å²) in [5.41, 5.74) is 0. The zero-order valence-electron chi connectivity index (χ0n) is 4.70. The van der Waals surface area contributed by atoms with Crippen LogP contribution in [0.1, 0.15) is 6.92 Å². The molecule has 0 aliphatic rings. The second kappa shape index (κ2) is 4.50. The lowest BCUT2D eigenvalue weighted by molar-refractivity contribution is 0.559. The molecular weight excluding hydrogens is 110 g/mol. The molecule has 46 valence electrons. The molecule has 0 atom stereocenters. The molecular formula is C6H8F2. The van der Waals surface area contributed by atoms with E-state index >= 15 is 0 Å². The van der Waals surface area contributed by atoms with Crippen molar-refractivity contribution in [3.8, 4) is 0 Å². The largest absolute Gasteiger partial charge is 0.247 e. The van der Waals surface area contributed by atoms with Gasteiger partial charge in [0.1, 0.15) is 12.5 Å². The average Bonchev–Trinajstić information content (AvgIpc) is 1.83. The fraction of sp³-hybridized carbons (Fsp3) is 0.333. The molecule has 0 amide bonds. The smallest absolute Gasteiger partial charge is 0.118 e. The molecule has 0 heterocycles. The fourth-order valence-corrected chi connectivity index (χ4v) is 0.253. The van der Waals surface area contributed by atoms with Crippen molar-refractivity contribution in [1.29, 1.82) is 0 Å². The zero-order valence-corrected chi connectivity index (χ0v) is 4.70. The van der Waals surface area contributed by atoms with Crippen molar-refractivity contribution in [1.82, 2.24) is 0 Å². The van der Waals surface area contributed by atoms with Gasteiger partial charge in [-0.2, -0.15) is 0 Å². The van der Waals surface area contributed by atoms with Crippen molar-refractivity contribution >= 4 is 0 Å². The first-order chi connectivity index (χ1) is 3.81. The predicted octanol–water partition coefficient (Wildman–Crippen LogP) is 2.39. The van der Waals surface area contributed by atoms with Gasteiger partial charge in [0, 0.05) is 0 Å². The van der Waals surface area contributed by atoms with Crippen LogP contribution < -0.4 is 0 Å². The van der Waals surface area contributed by atoms with E-state index in [1.807, 2.05) is 0 Å². The minimum Gasteiger partial charge on any atom is -0.247 e. The van der Waals surface area contributed by atoms with E-state index in [1.54, 1.807) is 6.92 Å². The van der Waals surface area contributed by atoms with Gasteiger partial charge in [0.25, 0.3) is 0 Å². The predicted molar refractivity (Wildman–Crippen MR) is 30.0 cm³/mol. The monoisotopic (exact) mass is 118 g/mol. The Bertz CT molecular complexity index is 103. The summed E-state index contributed by atoms with van der Waals surface area (Å²) in [7, 11) is 0. The average molecular weight is 118 g/mol. The van der Waals surface area contributed by atoms with E-state index in [9.17, 15) is 8.78 Å². The van der Waals surface area contributed by atoms with E-state index in [1.165, 1.54) is 6.08 Å². The fourth-order valence-electron chi connectivity index (χ4n) is 0.253. The van der Waals surface area contributed by atoms with E-state index < -0.39 is 12.5 Å². The molecule has 0 aromatic carbocycles. The summed E-state index contributed by atoms with van der Waals surface area (Å²) < 4.78 is 23.1. The zero-order chi connectivity index (χ0) is 6.41. The van der Waals surface area contributed by atoms with Gasteiger partial charge in [-0.25, -0.2) is 8.78 Å². The maximum Gasteiger partial charge on any atom is 0.118 e. The molecule has 0 saturated heterocycles. The number of allylic oxidation sites excluding steroid dienone is 4. The molecule has 0 aliphatic heterocycles. The van der Waals surface area contributed by atoms with Crippen LogP contribution in [0.15, 0.2) is 24.1 Å². The van der Waals surface area contributed by atoms with Crippen molar-refractivity contribution in [2.45, 2.75) is 6.92 Å². The van der Waals surface area contributed by atoms with Crippen molar-refractivity contribution in [3.05, 3.63) is 24.1 Å². The summed E-state index contributed by atoms with van der Waals surface area (Å²) in [6, 6.07) is 0. The quantitative estimate of drug-likeness (QED) is 0.488. The van der Waals surface area contributed by atoms with Crippen molar-refractivity contribution in [2.75, 3.05) is 6.67 Å². The number of rotatable bonds is 2. The first kappa shape index (κ1) is 7.34. The lowest BCUT2D eigenvalue weighted by Crippen LogP contribution is -1.64. The van der Waals surface area contributed by atoms with Crippen molar-refractivity contribution < 1.29 is 8.78 Å². The van der Waals surface area contributed by atoms with Crippen LogP contribution in [0, 0.1) is 0 Å². The Hall–Kier alpha value is -0.660. The van der Waals surface area contributed by atoms with Crippen LogP contribution in [0.25, 0.3) is 0 Å². The van der Waals surface area contributed by atoms with Crippen LogP contribution in [0.2, 0.25) is 0 Å². The van der Waals surface area contributed by atoms with Gasteiger partial charge in [-0.15, -0.1) is 0 Å². The van der Waals surface area contributed by atoms with Gasteiger partial charge in [0.2, 0.25) is 0 Å². The lowest BCUT2D eigenvalue weighted by atomic mass is 10.4. The Balaban J connectivity index is 3.53. The van der Waals surface area contributed by atoms with Crippen LogP contribution in [0.5, 0.6) is 0 Å². The normalized spacial score (nSPS) is 13.1. The molecule has 0 saturated carbocycles. The topological polar surface area (TPSA) is 0 Å². The van der Waals surface area contributed by atoms with Gasteiger partial charge >= 0.3 is 0 Å². The molecule has 0 nitrogen and oxygen atoms in total. The molecule has 0 fully saturated rings. The minimum atomic E-state index is -0.610. The summed E-state index contributed by atoms with van der Waals surface area (Å²) in [5, 5.41) is 0. The Morgan fingerprint density at radius 2 is 2.25 bits per heavy atom. The number of alkyl halides is 1. The van der Waals surface area contributed by atoms with E-state index in [0.29, 0.717) is 0 Å². The molecule has 0 N–H and O–H groups in total. The highest BCUT2D eigenvalue weighted by Gasteiger charge is 1.78. The highest BCUT2D eigenvalue weighted by atomic mass is 19.1. The van der Waals surface area contributed by atoms with Gasteiger partial charge in [-0.1, -0.05) is 12.2 Å². The van der Waals surface area contributed by atoms with E-state index in [-0.39, 0.29) is 0 Å². The molecule has 2 heteroatoms. The highest BCUT2D eigenvalue weighted by Crippen LogP contribution is 1.95. The number of halogens is 2. The second-order valence-electron chi connectivity index (χ2n) is 1.23. The van der Waals surface area contributed by atoms with Gasteiger partial charge in [0.05, 0.1) is 0 Å². The SMILES string of the molecule is C/C=C(F)\C=C/CF. The van der Waals surface area contributed by atoms with E-state index in [2.05, 4.69) is 0 Å². The third-order valence-corrected chi connectivity index (χ3v) is 0.642. The van der Waals surface area contributed by atoms with Crippen LogP contribution in [0.3, 0.4) is 0 Å². The van der Waals surface area contributed by atoms with E-state index in [4.69, 9.17) is 0 Å². The molecule has 0 spiro atoms. The maximum absolute atomic E-state index is 11.9. The molecule has 0 rings (SSSR count). The van der Waals surface area contributed by atoms with Crippen LogP contribution >= 0.6 is 0 Å². The van der Waals surface area contributed by atoms with E-state index in [0.717, 1.165) is 12.2 Å². The minimum absolute atomic E-state index is 0.400. The van der Waals surface area contributed by atoms with Crippen molar-refractivity contribution in [2.24, 2.45) is 0 Å². The third kappa shape index (κ3) is 3.53. The Morgan fingerprint density at radius 1 is 1.62 bits per heavy atom. The van der Waals surface area contributed by atoms with Gasteiger partial charge in [0.15, 0.2) is 0 Å². The number of hydrogen-bond acceptors (Lipinski definition) is 0. The Kier molecular flexibility index (Phi) is 4.13. The number of hydrogen-bond donors (Lipinski definition) is 0. The molecule has 0 radical (unpaired) electrons. The summed E-state index contributed by atoms with van der Waals surface area (Å²) in [6.07, 6.45) is 3.49. The first-order valence-corrected chi connectivity index (χ1v) is 2.35. The molecule has 0 unspecified atom stereocenters. The van der Waals surface area contributed by atoms with Gasteiger partial charge in [-0.3, -0.25) is 0 Å². The van der Waals surface area contributed by atoms with Crippen LogP contribution in [0.4, 0.5) is 8.78 Å². The highest BCUT2D eigenvalue weighted by molar-refractivity contribution is 5.09. The molecule has 8 heavy (non-hydrogen) atoms. The Morgan fingerprint density at radius 3 is 2.62 bits per heavy atom. The van der Waals surface area contributed by atoms with Crippen LogP contribution in [-0.4, -0.2) is 6.67 Å². The summed E-state index contributed by atoms with van der Waals surface area (Å²) in [6.45, 7) is 0.944. The molecule has 0 aromatic rings. The van der Waals surface area contributed by atoms with Crippen molar-refractivity contribution in [3.63, 3.8) is 0 Å². The van der Waals surface area contributed by atoms with Crippen LogP contribution in [-0.2, 0) is 0 Å². The summed E-state index contributed by atoms with van der Waals surface area (Å²) in [4.78, 5) is 0. The maximum atomic E-state index is 11.9. The van der Waals surface area contributed by atoms with Gasteiger partial charge in [-0.05, 0) is 13.0 Å².